The summed E-state index contributed by atoms with van der Waals surface area (Å²) in [7, 11) is -3.46. The maximum absolute atomic E-state index is 12.7. The fourth-order valence-electron chi connectivity index (χ4n) is 3.33. The molecular formula is C21H27ClN2O4S. The molecule has 8 heteroatoms. The van der Waals surface area contributed by atoms with E-state index in [2.05, 4.69) is 4.90 Å². The Bertz CT molecular complexity index is 869. The minimum absolute atomic E-state index is 0.144. The van der Waals surface area contributed by atoms with Gasteiger partial charge in [0.15, 0.2) is 0 Å². The van der Waals surface area contributed by atoms with Gasteiger partial charge in [-0.05, 0) is 36.8 Å². The number of β-amino-alcohol motifs (C(OH)–C–C–N with tert-alkyl or cyclic N) is 1. The molecule has 1 aliphatic heterocycles. The summed E-state index contributed by atoms with van der Waals surface area (Å²) in [4.78, 5) is 2.39. The van der Waals surface area contributed by atoms with E-state index in [0.29, 0.717) is 42.6 Å². The first kappa shape index (κ1) is 22.2. The summed E-state index contributed by atoms with van der Waals surface area (Å²) >= 11 is 5.90. The predicted molar refractivity (Wildman–Crippen MR) is 113 cm³/mol. The molecule has 3 rings (SSSR count). The second-order valence-electron chi connectivity index (χ2n) is 7.20. The molecule has 0 aliphatic carbocycles. The lowest BCUT2D eigenvalue weighted by atomic mass is 10.1. The number of hydrogen-bond acceptors (Lipinski definition) is 5. The van der Waals surface area contributed by atoms with Crippen molar-refractivity contribution in [3.05, 3.63) is 65.2 Å². The number of benzene rings is 2. The number of sulfonamides is 1. The van der Waals surface area contributed by atoms with Crippen molar-refractivity contribution >= 4 is 21.6 Å². The molecule has 6 nitrogen and oxygen atoms in total. The Labute approximate surface area is 177 Å². The molecule has 1 fully saturated rings. The van der Waals surface area contributed by atoms with Gasteiger partial charge in [-0.1, -0.05) is 41.9 Å². The number of rotatable bonds is 8. The zero-order chi connectivity index (χ0) is 20.9. The summed E-state index contributed by atoms with van der Waals surface area (Å²) in [6.45, 7) is 4.58. The molecule has 0 bridgehead atoms. The van der Waals surface area contributed by atoms with E-state index in [1.807, 2.05) is 31.2 Å². The summed E-state index contributed by atoms with van der Waals surface area (Å²) < 4.78 is 32.6. The molecule has 0 spiro atoms. The van der Waals surface area contributed by atoms with Crippen LogP contribution in [0.25, 0.3) is 0 Å². The molecule has 158 valence electrons. The van der Waals surface area contributed by atoms with Crippen molar-refractivity contribution in [1.82, 2.24) is 9.21 Å². The average molecular weight is 439 g/mol. The van der Waals surface area contributed by atoms with Gasteiger partial charge < -0.3 is 9.84 Å². The van der Waals surface area contributed by atoms with Crippen molar-refractivity contribution in [1.29, 1.82) is 0 Å². The molecular weight excluding hydrogens is 412 g/mol. The Kier molecular flexibility index (Phi) is 7.67. The molecule has 2 aromatic carbocycles. The van der Waals surface area contributed by atoms with Gasteiger partial charge in [0.25, 0.3) is 0 Å². The van der Waals surface area contributed by atoms with Crippen LogP contribution in [0.4, 0.5) is 0 Å². The molecule has 1 aliphatic rings. The van der Waals surface area contributed by atoms with Crippen LogP contribution in [0.5, 0.6) is 0 Å². The van der Waals surface area contributed by atoms with Gasteiger partial charge in [0.05, 0.1) is 23.7 Å². The highest BCUT2D eigenvalue weighted by molar-refractivity contribution is 7.89. The number of aliphatic hydroxyl groups is 1. The SMILES string of the molecule is CC(OCC(O)CN1CCN(S(=O)(=O)c2ccccc2)CC1)c1ccc(Cl)cc1. The van der Waals surface area contributed by atoms with Crippen molar-refractivity contribution < 1.29 is 18.3 Å². The molecule has 2 aromatic rings. The third-order valence-corrected chi connectivity index (χ3v) is 7.22. The minimum Gasteiger partial charge on any atom is -0.389 e. The van der Waals surface area contributed by atoms with Gasteiger partial charge in [0.1, 0.15) is 0 Å². The highest BCUT2D eigenvalue weighted by Crippen LogP contribution is 2.20. The number of nitrogens with zero attached hydrogens (tertiary/aromatic N) is 2. The molecule has 2 atom stereocenters. The Hall–Kier alpha value is -1.48. The molecule has 0 amide bonds. The first-order chi connectivity index (χ1) is 13.9. The van der Waals surface area contributed by atoms with Gasteiger partial charge in [0, 0.05) is 37.7 Å². The van der Waals surface area contributed by atoms with E-state index >= 15 is 0 Å². The standard InChI is InChI=1S/C21H27ClN2O4S/c1-17(18-7-9-19(22)10-8-18)28-16-20(25)15-23-11-13-24(14-12-23)29(26,27)21-5-3-2-4-6-21/h2-10,17,20,25H,11-16H2,1H3. The van der Waals surface area contributed by atoms with Crippen LogP contribution in [0.3, 0.4) is 0 Å². The number of ether oxygens (including phenoxy) is 1. The van der Waals surface area contributed by atoms with Gasteiger partial charge in [-0.3, -0.25) is 4.90 Å². The largest absolute Gasteiger partial charge is 0.389 e. The lowest BCUT2D eigenvalue weighted by molar-refractivity contribution is -0.0186. The number of halogens is 1. The Balaban J connectivity index is 1.44. The van der Waals surface area contributed by atoms with Gasteiger partial charge in [-0.15, -0.1) is 0 Å². The number of piperazine rings is 1. The molecule has 1 heterocycles. The number of hydrogen-bond donors (Lipinski definition) is 1. The van der Waals surface area contributed by atoms with Crippen molar-refractivity contribution in [3.8, 4) is 0 Å². The topological polar surface area (TPSA) is 70.1 Å². The van der Waals surface area contributed by atoms with Crippen LogP contribution in [-0.2, 0) is 14.8 Å². The average Bonchev–Trinajstić information content (AvgIpc) is 2.73. The van der Waals surface area contributed by atoms with Gasteiger partial charge >= 0.3 is 0 Å². The summed E-state index contributed by atoms with van der Waals surface area (Å²) in [5.41, 5.74) is 1.00. The summed E-state index contributed by atoms with van der Waals surface area (Å²) in [5.74, 6) is 0. The maximum atomic E-state index is 12.7. The van der Waals surface area contributed by atoms with Crippen LogP contribution in [0.15, 0.2) is 59.5 Å². The molecule has 0 radical (unpaired) electrons. The highest BCUT2D eigenvalue weighted by atomic mass is 35.5. The van der Waals surface area contributed by atoms with Crippen molar-refractivity contribution in [3.63, 3.8) is 0 Å². The Morgan fingerprint density at radius 2 is 1.66 bits per heavy atom. The molecule has 0 aromatic heterocycles. The van der Waals surface area contributed by atoms with Crippen LogP contribution in [0.2, 0.25) is 5.02 Å². The molecule has 2 unspecified atom stereocenters. The lowest BCUT2D eigenvalue weighted by Gasteiger charge is -2.35. The molecule has 29 heavy (non-hydrogen) atoms. The summed E-state index contributed by atoms with van der Waals surface area (Å²) in [5, 5.41) is 11.0. The second-order valence-corrected chi connectivity index (χ2v) is 9.57. The third kappa shape index (κ3) is 6.01. The van der Waals surface area contributed by atoms with Gasteiger partial charge in [-0.25, -0.2) is 8.42 Å². The summed E-state index contributed by atoms with van der Waals surface area (Å²) in [6, 6.07) is 15.9. The Morgan fingerprint density at radius 1 is 1.03 bits per heavy atom. The van der Waals surface area contributed by atoms with E-state index in [9.17, 15) is 13.5 Å². The van der Waals surface area contributed by atoms with Crippen LogP contribution in [0.1, 0.15) is 18.6 Å². The maximum Gasteiger partial charge on any atom is 0.243 e. The van der Waals surface area contributed by atoms with Crippen LogP contribution in [-0.4, -0.2) is 68.2 Å². The van der Waals surface area contributed by atoms with E-state index in [0.717, 1.165) is 5.56 Å². The smallest absolute Gasteiger partial charge is 0.243 e. The van der Waals surface area contributed by atoms with Crippen LogP contribution >= 0.6 is 11.6 Å². The van der Waals surface area contributed by atoms with E-state index in [4.69, 9.17) is 16.3 Å². The molecule has 1 saturated heterocycles. The highest BCUT2D eigenvalue weighted by Gasteiger charge is 2.29. The van der Waals surface area contributed by atoms with E-state index < -0.39 is 16.1 Å². The monoisotopic (exact) mass is 438 g/mol. The van der Waals surface area contributed by atoms with Crippen LogP contribution < -0.4 is 0 Å². The quantitative estimate of drug-likeness (QED) is 0.686. The number of aliphatic hydroxyl groups excluding tert-OH is 1. The molecule has 1 N–H and O–H groups in total. The van der Waals surface area contributed by atoms with Crippen molar-refractivity contribution in [2.24, 2.45) is 0 Å². The zero-order valence-electron chi connectivity index (χ0n) is 16.4. The first-order valence-electron chi connectivity index (χ1n) is 9.69. The van der Waals surface area contributed by atoms with Crippen molar-refractivity contribution in [2.75, 3.05) is 39.3 Å². The fraction of sp³-hybridized carbons (Fsp3) is 0.429. The third-order valence-electron chi connectivity index (χ3n) is 5.06. The Morgan fingerprint density at radius 3 is 2.28 bits per heavy atom. The minimum atomic E-state index is -3.46. The van der Waals surface area contributed by atoms with Crippen LogP contribution in [0, 0.1) is 0 Å². The zero-order valence-corrected chi connectivity index (χ0v) is 18.0. The summed E-state index contributed by atoms with van der Waals surface area (Å²) in [6.07, 6.45) is -0.781. The fourth-order valence-corrected chi connectivity index (χ4v) is 4.90. The van der Waals surface area contributed by atoms with E-state index in [1.54, 1.807) is 30.3 Å². The first-order valence-corrected chi connectivity index (χ1v) is 11.5. The van der Waals surface area contributed by atoms with Crippen molar-refractivity contribution in [2.45, 2.75) is 24.0 Å². The molecule has 0 saturated carbocycles. The van der Waals surface area contributed by atoms with Gasteiger partial charge in [0.2, 0.25) is 10.0 Å². The predicted octanol–water partition coefficient (Wildman–Crippen LogP) is 2.79. The lowest BCUT2D eigenvalue weighted by Crippen LogP contribution is -2.50. The van der Waals surface area contributed by atoms with E-state index in [1.165, 1.54) is 4.31 Å². The van der Waals surface area contributed by atoms with Gasteiger partial charge in [-0.2, -0.15) is 4.31 Å². The second kappa shape index (κ2) is 10.0. The normalized spacial score (nSPS) is 18.4. The van der Waals surface area contributed by atoms with E-state index in [-0.39, 0.29) is 12.7 Å².